The fraction of sp³-hybridized carbons (Fsp3) is 0.625. The molecule has 3 heterocycles. The lowest BCUT2D eigenvalue weighted by molar-refractivity contribution is -0.135. The number of piperidine rings is 1. The summed E-state index contributed by atoms with van der Waals surface area (Å²) in [4.78, 5) is 40.8. The van der Waals surface area contributed by atoms with E-state index in [0.29, 0.717) is 32.5 Å². The summed E-state index contributed by atoms with van der Waals surface area (Å²) in [6.45, 7) is 2.64. The predicted molar refractivity (Wildman–Crippen MR) is 117 cm³/mol. The van der Waals surface area contributed by atoms with Crippen molar-refractivity contribution < 1.29 is 19.1 Å². The summed E-state index contributed by atoms with van der Waals surface area (Å²) in [5.74, 6) is 1.24. The van der Waals surface area contributed by atoms with E-state index >= 15 is 0 Å². The van der Waals surface area contributed by atoms with E-state index in [1.54, 1.807) is 4.90 Å². The van der Waals surface area contributed by atoms with Gasteiger partial charge in [-0.05, 0) is 49.7 Å². The number of carbonyl (C=O) groups excluding carboxylic acids is 3. The van der Waals surface area contributed by atoms with Crippen LogP contribution in [0.25, 0.3) is 0 Å². The second-order valence-electron chi connectivity index (χ2n) is 8.94. The summed E-state index contributed by atoms with van der Waals surface area (Å²) in [7, 11) is 0. The van der Waals surface area contributed by atoms with Crippen molar-refractivity contribution in [1.82, 2.24) is 15.1 Å². The average Bonchev–Trinajstić information content (AvgIpc) is 3.19. The highest BCUT2D eigenvalue weighted by atomic mass is 16.5. The number of fused-ring (bicyclic) bond motifs is 2. The number of hydrogen-bond donors (Lipinski definition) is 1. The van der Waals surface area contributed by atoms with Crippen LogP contribution < -0.4 is 10.1 Å². The zero-order valence-electron chi connectivity index (χ0n) is 18.2. The highest BCUT2D eigenvalue weighted by Gasteiger charge is 2.32. The number of aryl methyl sites for hydroxylation is 1. The van der Waals surface area contributed by atoms with Gasteiger partial charge in [0.05, 0.1) is 0 Å². The van der Waals surface area contributed by atoms with Gasteiger partial charge in [-0.2, -0.15) is 0 Å². The first-order chi connectivity index (χ1) is 15.1. The van der Waals surface area contributed by atoms with Crippen LogP contribution in [0.3, 0.4) is 0 Å². The normalized spacial score (nSPS) is 24.9. The number of nitrogens with one attached hydrogen (secondary N) is 1. The molecule has 0 bridgehead atoms. The van der Waals surface area contributed by atoms with Crippen LogP contribution in [-0.2, 0) is 20.8 Å². The number of ether oxygens (including phenoxy) is 1. The van der Waals surface area contributed by atoms with Gasteiger partial charge in [0.1, 0.15) is 5.75 Å². The smallest absolute Gasteiger partial charge is 0.258 e. The predicted octanol–water partition coefficient (Wildman–Crippen LogP) is 2.14. The topological polar surface area (TPSA) is 79.0 Å². The van der Waals surface area contributed by atoms with Crippen molar-refractivity contribution in [2.45, 2.75) is 57.4 Å². The van der Waals surface area contributed by atoms with E-state index in [0.717, 1.165) is 56.4 Å². The van der Waals surface area contributed by atoms with Crippen LogP contribution in [0.15, 0.2) is 24.3 Å². The Kier molecular flexibility index (Phi) is 7.10. The number of benzene rings is 1. The molecule has 2 fully saturated rings. The van der Waals surface area contributed by atoms with Gasteiger partial charge in [-0.15, -0.1) is 0 Å². The van der Waals surface area contributed by atoms with Gasteiger partial charge in [0.15, 0.2) is 6.61 Å². The highest BCUT2D eigenvalue weighted by Crippen LogP contribution is 2.26. The van der Waals surface area contributed by atoms with Gasteiger partial charge in [-0.1, -0.05) is 24.6 Å². The Balaban J connectivity index is 1.34. The number of carbonyl (C=O) groups is 3. The van der Waals surface area contributed by atoms with E-state index in [9.17, 15) is 14.4 Å². The van der Waals surface area contributed by atoms with Crippen molar-refractivity contribution in [3.63, 3.8) is 0 Å². The Morgan fingerprint density at radius 3 is 2.77 bits per heavy atom. The van der Waals surface area contributed by atoms with E-state index in [1.807, 2.05) is 23.1 Å². The molecule has 0 radical (unpaired) electrons. The van der Waals surface area contributed by atoms with Gasteiger partial charge in [0.2, 0.25) is 11.8 Å². The first-order valence-corrected chi connectivity index (χ1v) is 11.7. The molecule has 1 N–H and O–H groups in total. The average molecular weight is 428 g/mol. The molecule has 3 amide bonds. The summed E-state index contributed by atoms with van der Waals surface area (Å²) >= 11 is 0. The van der Waals surface area contributed by atoms with Crippen LogP contribution in [0.5, 0.6) is 5.75 Å². The van der Waals surface area contributed by atoms with Crippen molar-refractivity contribution in [3.05, 3.63) is 29.8 Å². The van der Waals surface area contributed by atoms with Crippen molar-refractivity contribution >= 4 is 17.7 Å². The molecule has 7 heteroatoms. The van der Waals surface area contributed by atoms with Crippen LogP contribution in [0.2, 0.25) is 0 Å². The van der Waals surface area contributed by atoms with E-state index in [1.165, 1.54) is 0 Å². The van der Waals surface area contributed by atoms with Gasteiger partial charge in [-0.3, -0.25) is 14.4 Å². The maximum Gasteiger partial charge on any atom is 0.258 e. The van der Waals surface area contributed by atoms with Gasteiger partial charge in [0, 0.05) is 45.1 Å². The highest BCUT2D eigenvalue weighted by molar-refractivity contribution is 5.80. The molecule has 0 spiro atoms. The molecule has 31 heavy (non-hydrogen) atoms. The molecule has 2 saturated heterocycles. The molecule has 0 saturated carbocycles. The molecule has 7 nitrogen and oxygen atoms in total. The number of hydrogen-bond acceptors (Lipinski definition) is 4. The van der Waals surface area contributed by atoms with Crippen molar-refractivity contribution in [1.29, 1.82) is 0 Å². The van der Waals surface area contributed by atoms with Crippen molar-refractivity contribution in [2.24, 2.45) is 5.92 Å². The number of para-hydroxylation sites is 1. The Bertz CT molecular complexity index is 812. The molecular formula is C24H33N3O4. The number of nitrogens with zero attached hydrogens (tertiary/aromatic N) is 2. The van der Waals surface area contributed by atoms with Gasteiger partial charge in [-0.25, -0.2) is 0 Å². The number of likely N-dealkylation sites (tertiary alicyclic amines) is 2. The van der Waals surface area contributed by atoms with Gasteiger partial charge < -0.3 is 19.9 Å². The summed E-state index contributed by atoms with van der Waals surface area (Å²) in [6.07, 6.45) is 6.69. The zero-order valence-corrected chi connectivity index (χ0v) is 18.2. The molecule has 3 aliphatic rings. The summed E-state index contributed by atoms with van der Waals surface area (Å²) < 4.78 is 5.79. The van der Waals surface area contributed by atoms with E-state index in [4.69, 9.17) is 4.74 Å². The monoisotopic (exact) mass is 427 g/mol. The molecule has 0 aromatic heterocycles. The van der Waals surface area contributed by atoms with Crippen molar-refractivity contribution in [3.8, 4) is 5.75 Å². The zero-order chi connectivity index (χ0) is 21.6. The Morgan fingerprint density at radius 1 is 1.06 bits per heavy atom. The van der Waals surface area contributed by atoms with Crippen LogP contribution >= 0.6 is 0 Å². The minimum atomic E-state index is -0.0994. The molecule has 3 aliphatic heterocycles. The molecule has 1 aromatic carbocycles. The molecule has 0 unspecified atom stereocenters. The van der Waals surface area contributed by atoms with E-state index < -0.39 is 0 Å². The fourth-order valence-electron chi connectivity index (χ4n) is 5.04. The lowest BCUT2D eigenvalue weighted by Gasteiger charge is -2.39. The quantitative estimate of drug-likeness (QED) is 0.802. The number of amides is 3. The largest absolute Gasteiger partial charge is 0.483 e. The SMILES string of the molecule is O=C1COc2ccccc2CCCC[C@@H]2CN(C(=O)CCN3CCCC3=O)CC[C@H]2N1. The minimum absolute atomic E-state index is 0.0206. The van der Waals surface area contributed by atoms with Gasteiger partial charge >= 0.3 is 0 Å². The van der Waals surface area contributed by atoms with E-state index in [2.05, 4.69) is 11.4 Å². The van der Waals surface area contributed by atoms with Gasteiger partial charge in [0.25, 0.3) is 5.91 Å². The fourth-order valence-corrected chi connectivity index (χ4v) is 5.04. The van der Waals surface area contributed by atoms with Crippen LogP contribution in [0.4, 0.5) is 0 Å². The lowest BCUT2D eigenvalue weighted by Crippen LogP contribution is -2.53. The first kappa shape index (κ1) is 21.7. The second kappa shape index (κ2) is 10.2. The Hall–Kier alpha value is -2.57. The van der Waals surface area contributed by atoms with Crippen LogP contribution in [-0.4, -0.2) is 66.3 Å². The molecule has 1 aromatic rings. The van der Waals surface area contributed by atoms with Crippen molar-refractivity contribution in [2.75, 3.05) is 32.8 Å². The molecule has 0 aliphatic carbocycles. The summed E-state index contributed by atoms with van der Waals surface area (Å²) in [5.41, 5.74) is 1.14. The maximum absolute atomic E-state index is 12.8. The molecular weight excluding hydrogens is 394 g/mol. The number of rotatable bonds is 3. The summed E-state index contributed by atoms with van der Waals surface area (Å²) in [5, 5.41) is 3.15. The lowest BCUT2D eigenvalue weighted by atomic mass is 9.87. The maximum atomic E-state index is 12.8. The standard InChI is InChI=1S/C24H33N3O4/c28-22-17-31-21-9-4-3-7-18(21)6-1-2-8-19-16-27(14-11-20(19)25-22)24(30)12-15-26-13-5-10-23(26)29/h3-4,7,9,19-20H,1-2,5-6,8,10-17H2,(H,25,28)/t19-,20-/m1/s1. The molecule has 4 rings (SSSR count). The van der Waals surface area contributed by atoms with Crippen LogP contribution in [0.1, 0.15) is 50.5 Å². The molecule has 2 atom stereocenters. The second-order valence-corrected chi connectivity index (χ2v) is 8.94. The summed E-state index contributed by atoms with van der Waals surface area (Å²) in [6, 6.07) is 8.01. The minimum Gasteiger partial charge on any atom is -0.483 e. The van der Waals surface area contributed by atoms with Crippen LogP contribution in [0, 0.1) is 5.92 Å². The third kappa shape index (κ3) is 5.57. The van der Waals surface area contributed by atoms with E-state index in [-0.39, 0.29) is 36.3 Å². The third-order valence-corrected chi connectivity index (χ3v) is 6.80. The Morgan fingerprint density at radius 2 is 1.94 bits per heavy atom. The molecule has 168 valence electrons. The Labute approximate surface area is 184 Å². The first-order valence-electron chi connectivity index (χ1n) is 11.7. The third-order valence-electron chi connectivity index (χ3n) is 6.80.